The van der Waals surface area contributed by atoms with Crippen LogP contribution in [0.2, 0.25) is 0 Å². The average Bonchev–Trinajstić information content (AvgIpc) is 3.00. The zero-order valence-electron chi connectivity index (χ0n) is 31.1. The Morgan fingerprint density at radius 1 is 0.409 bits per heavy atom. The van der Waals surface area contributed by atoms with Crippen molar-refractivity contribution in [1.29, 1.82) is 0 Å². The quantitative estimate of drug-likeness (QED) is 0.0518. The molecule has 0 bridgehead atoms. The predicted octanol–water partition coefficient (Wildman–Crippen LogP) is 9.34. The van der Waals surface area contributed by atoms with E-state index in [1.165, 1.54) is 180 Å². The van der Waals surface area contributed by atoms with Crippen molar-refractivity contribution in [2.24, 2.45) is 0 Å². The molecule has 0 aliphatic heterocycles. The van der Waals surface area contributed by atoms with Crippen LogP contribution in [0.15, 0.2) is 0 Å². The Morgan fingerprint density at radius 3 is 0.864 bits per heavy atom. The van der Waals surface area contributed by atoms with Gasteiger partial charge in [0.25, 0.3) is 0 Å². The normalized spacial score (nSPS) is 12.1. The van der Waals surface area contributed by atoms with Gasteiger partial charge in [-0.1, -0.05) is 213 Å². The molecule has 0 amide bonds. The maximum absolute atomic E-state index is 12.0. The first kappa shape index (κ1) is 46.1. The number of rotatable bonds is 37. The van der Waals surface area contributed by atoms with Crippen molar-refractivity contribution in [2.75, 3.05) is 13.1 Å². The van der Waals surface area contributed by atoms with Crippen LogP contribution in [-0.2, 0) is 4.79 Å². The fourth-order valence-electron chi connectivity index (χ4n) is 6.64. The van der Waals surface area contributed by atoms with Crippen molar-refractivity contribution in [2.45, 2.75) is 239 Å². The molecule has 0 aromatic heterocycles. The van der Waals surface area contributed by atoms with Crippen LogP contribution >= 0.6 is 0 Å². The van der Waals surface area contributed by atoms with Gasteiger partial charge < -0.3 is 9.90 Å². The zero-order valence-corrected chi connectivity index (χ0v) is 31.1. The predicted molar refractivity (Wildman–Crippen MR) is 190 cm³/mol. The summed E-state index contributed by atoms with van der Waals surface area (Å²) in [6.07, 6.45) is 43.8. The van der Waals surface area contributed by atoms with Gasteiger partial charge in [-0.25, -0.2) is 0 Å². The van der Waals surface area contributed by atoms with Gasteiger partial charge in [0.05, 0.1) is 5.97 Å². The van der Waals surface area contributed by atoms with Gasteiger partial charge in [-0.05, 0) is 32.4 Å². The first-order chi connectivity index (χ1) is 21.2. The number of unbranched alkanes of at least 4 members (excludes halogenated alkanes) is 29. The second-order valence-corrected chi connectivity index (χ2v) is 13.9. The topological polar surface area (TPSA) is 43.4 Å². The molecule has 44 heavy (non-hydrogen) atoms. The summed E-state index contributed by atoms with van der Waals surface area (Å²) in [5.41, 5.74) is 0. The van der Waals surface area contributed by atoms with E-state index >= 15 is 0 Å². The molecule has 0 saturated carbocycles. The van der Waals surface area contributed by atoms with E-state index in [4.69, 9.17) is 0 Å². The van der Waals surface area contributed by atoms with Gasteiger partial charge in [0.15, 0.2) is 0 Å². The molecule has 0 aliphatic carbocycles. The van der Waals surface area contributed by atoms with E-state index < -0.39 is 12.0 Å². The Labute approximate surface area is 290 Å². The number of carbonyl (C=O) groups is 1. The van der Waals surface area contributed by atoms with Crippen LogP contribution in [-0.4, -0.2) is 30.0 Å². The molecule has 0 saturated heterocycles. The SMILES string of the molecule is CCCCCCCCCCCCCCCCCN(CCCCCCCCCCCCCCCCC)C(CCCC)C(=O)[O-].[Li+]. The molecule has 0 rings (SSSR count). The smallest absolute Gasteiger partial charge is 0.548 e. The third-order valence-electron chi connectivity index (χ3n) is 9.64. The zero-order chi connectivity index (χ0) is 31.5. The van der Waals surface area contributed by atoms with Crippen molar-refractivity contribution >= 4 is 5.97 Å². The molecule has 0 spiro atoms. The summed E-state index contributed by atoms with van der Waals surface area (Å²) in [5, 5.41) is 12.0. The molecule has 0 aromatic rings. The molecule has 0 radical (unpaired) electrons. The van der Waals surface area contributed by atoms with Crippen LogP contribution in [0.5, 0.6) is 0 Å². The van der Waals surface area contributed by atoms with Crippen LogP contribution in [0.1, 0.15) is 233 Å². The second kappa shape index (κ2) is 39.2. The summed E-state index contributed by atoms with van der Waals surface area (Å²) >= 11 is 0. The number of aliphatic carboxylic acids is 1. The van der Waals surface area contributed by atoms with Gasteiger partial charge in [0, 0.05) is 6.04 Å². The van der Waals surface area contributed by atoms with E-state index in [0.29, 0.717) is 0 Å². The van der Waals surface area contributed by atoms with E-state index in [1.807, 2.05) is 0 Å². The molecule has 0 aliphatic rings. The molecule has 0 N–H and O–H groups in total. The Hall–Kier alpha value is 0.0274. The minimum Gasteiger partial charge on any atom is -0.548 e. The number of hydrogen-bond acceptors (Lipinski definition) is 3. The summed E-state index contributed by atoms with van der Waals surface area (Å²) in [4.78, 5) is 14.3. The van der Waals surface area contributed by atoms with Crippen LogP contribution in [0.25, 0.3) is 0 Å². The number of nitrogens with zero attached hydrogens (tertiary/aromatic N) is 1. The molecular weight excluding hydrogens is 533 g/mol. The molecule has 1 unspecified atom stereocenters. The molecule has 1 atom stereocenters. The largest absolute Gasteiger partial charge is 1.00 e. The summed E-state index contributed by atoms with van der Waals surface area (Å²) in [6, 6.07) is -0.391. The van der Waals surface area contributed by atoms with Crippen LogP contribution in [0, 0.1) is 0 Å². The summed E-state index contributed by atoms with van der Waals surface area (Å²) in [5.74, 6) is -0.852. The van der Waals surface area contributed by atoms with Gasteiger partial charge in [-0.3, -0.25) is 4.90 Å². The van der Waals surface area contributed by atoms with E-state index in [9.17, 15) is 9.90 Å². The Bertz CT molecular complexity index is 509. The van der Waals surface area contributed by atoms with E-state index in [0.717, 1.165) is 45.2 Å². The Morgan fingerprint density at radius 2 is 0.636 bits per heavy atom. The van der Waals surface area contributed by atoms with Gasteiger partial charge in [-0.2, -0.15) is 0 Å². The summed E-state index contributed by atoms with van der Waals surface area (Å²) in [7, 11) is 0. The molecule has 0 aromatic carbocycles. The van der Waals surface area contributed by atoms with Crippen molar-refractivity contribution in [3.63, 3.8) is 0 Å². The average molecular weight is 614 g/mol. The number of hydrogen-bond donors (Lipinski definition) is 0. The third-order valence-corrected chi connectivity index (χ3v) is 9.64. The minimum absolute atomic E-state index is 0. The third kappa shape index (κ3) is 33.4. The molecule has 258 valence electrons. The Kier molecular flexibility index (Phi) is 41.1. The second-order valence-electron chi connectivity index (χ2n) is 13.9. The van der Waals surface area contributed by atoms with Crippen LogP contribution in [0.4, 0.5) is 0 Å². The van der Waals surface area contributed by atoms with Crippen molar-refractivity contribution in [1.82, 2.24) is 4.90 Å². The first-order valence-electron chi connectivity index (χ1n) is 20.1. The monoisotopic (exact) mass is 614 g/mol. The van der Waals surface area contributed by atoms with Crippen LogP contribution in [0.3, 0.4) is 0 Å². The van der Waals surface area contributed by atoms with Crippen molar-refractivity contribution in [3.8, 4) is 0 Å². The minimum atomic E-state index is -0.852. The first-order valence-corrected chi connectivity index (χ1v) is 20.1. The maximum Gasteiger partial charge on any atom is 1.00 e. The van der Waals surface area contributed by atoms with E-state index in [1.54, 1.807) is 0 Å². The van der Waals surface area contributed by atoms with Crippen molar-refractivity contribution < 1.29 is 28.8 Å². The molecule has 3 nitrogen and oxygen atoms in total. The summed E-state index contributed by atoms with van der Waals surface area (Å²) < 4.78 is 0. The molecule has 0 fully saturated rings. The number of carboxylic acids is 1. The number of carbonyl (C=O) groups excluding carboxylic acids is 1. The van der Waals surface area contributed by atoms with E-state index in [2.05, 4.69) is 25.7 Å². The number of carboxylic acid groups (broad SMARTS) is 1. The van der Waals surface area contributed by atoms with Gasteiger partial charge in [0.2, 0.25) is 0 Å². The van der Waals surface area contributed by atoms with E-state index in [-0.39, 0.29) is 18.9 Å². The molecule has 0 heterocycles. The molecular formula is C40H80LiNO2. The Balaban J connectivity index is 0. The van der Waals surface area contributed by atoms with Gasteiger partial charge in [0.1, 0.15) is 0 Å². The fourth-order valence-corrected chi connectivity index (χ4v) is 6.64. The van der Waals surface area contributed by atoms with Gasteiger partial charge in [-0.15, -0.1) is 0 Å². The van der Waals surface area contributed by atoms with Crippen LogP contribution < -0.4 is 24.0 Å². The van der Waals surface area contributed by atoms with Gasteiger partial charge >= 0.3 is 18.9 Å². The van der Waals surface area contributed by atoms with Crippen molar-refractivity contribution in [3.05, 3.63) is 0 Å². The molecule has 4 heteroatoms. The maximum atomic E-state index is 12.0. The fraction of sp³-hybridized carbons (Fsp3) is 0.975. The standard InChI is InChI=1S/C40H81NO2.Li/c1-4-7-10-12-14-16-18-20-22-24-26-28-30-32-34-37-41(39(40(42)43)36-9-6-3)38-35-33-31-29-27-25-23-21-19-17-15-13-11-8-5-2;/h39H,4-38H2,1-3H3,(H,42,43);/q;+1/p-1. The summed E-state index contributed by atoms with van der Waals surface area (Å²) in [6.45, 7) is 8.59.